The number of aromatic hydroxyl groups is 2. The first-order valence-electron chi connectivity index (χ1n) is 15.6. The molecule has 0 saturated heterocycles. The van der Waals surface area contributed by atoms with E-state index in [4.69, 9.17) is 9.97 Å². The summed E-state index contributed by atoms with van der Waals surface area (Å²) in [5, 5.41) is 31.7. The van der Waals surface area contributed by atoms with E-state index in [0.29, 0.717) is 0 Å². The molecule has 0 aliphatic rings. The van der Waals surface area contributed by atoms with Crippen LogP contribution in [0.3, 0.4) is 0 Å². The average molecular weight is 720 g/mol. The maximum atomic E-state index is 10.2. The Balaban J connectivity index is 0.000000139. The van der Waals surface area contributed by atoms with Crippen LogP contribution in [0.5, 0.6) is 11.5 Å². The quantitative estimate of drug-likeness (QED) is 0.138. The zero-order chi connectivity index (χ0) is 32.2. The summed E-state index contributed by atoms with van der Waals surface area (Å²) in [6.07, 6.45) is 0. The van der Waals surface area contributed by atoms with Crippen molar-refractivity contribution >= 4 is 86.2 Å². The Bertz CT molecular complexity index is 2500. The molecule has 2 aromatic heterocycles. The number of rotatable bonds is 2. The van der Waals surface area contributed by atoms with E-state index in [1.54, 1.807) is 34.8 Å². The van der Waals surface area contributed by atoms with Crippen LogP contribution < -0.4 is 0 Å². The number of thiazole rings is 2. The van der Waals surface area contributed by atoms with Gasteiger partial charge in [0.1, 0.15) is 21.5 Å². The summed E-state index contributed by atoms with van der Waals surface area (Å²) < 4.78 is 2.34. The molecule has 7 heteroatoms. The van der Waals surface area contributed by atoms with Crippen molar-refractivity contribution in [1.82, 2.24) is 9.97 Å². The standard InChI is InChI=1S/2C21H13NOS.Zn/c2*23-18-12-6-5-11-17(18)21-22-19-15-9-3-1-7-13(15)14-8-2-4-10-16(14)20(19)24-21;/h2*1-12,23H;. The first-order valence-corrected chi connectivity index (χ1v) is 17.3. The van der Waals surface area contributed by atoms with Gasteiger partial charge in [-0.1, -0.05) is 121 Å². The van der Waals surface area contributed by atoms with Gasteiger partial charge in [0.25, 0.3) is 0 Å². The van der Waals surface area contributed by atoms with Crippen LogP contribution in [0.4, 0.5) is 0 Å². The second kappa shape index (κ2) is 12.7. The molecule has 2 heterocycles. The van der Waals surface area contributed by atoms with Crippen LogP contribution in [0.1, 0.15) is 0 Å². The molecule has 4 nitrogen and oxygen atoms in total. The van der Waals surface area contributed by atoms with Gasteiger partial charge in [0.15, 0.2) is 0 Å². The Hall–Kier alpha value is -5.20. The molecule has 0 radical (unpaired) electrons. The number of fused-ring (bicyclic) bond motifs is 12. The smallest absolute Gasteiger partial charge is 0.128 e. The third-order valence-corrected chi connectivity index (χ3v) is 11.1. The second-order valence-electron chi connectivity index (χ2n) is 11.6. The van der Waals surface area contributed by atoms with Gasteiger partial charge < -0.3 is 10.2 Å². The Morgan fingerprint density at radius 3 is 1.00 bits per heavy atom. The van der Waals surface area contributed by atoms with E-state index in [2.05, 4.69) is 97.1 Å². The van der Waals surface area contributed by atoms with Crippen LogP contribution in [-0.4, -0.2) is 20.2 Å². The molecule has 0 bridgehead atoms. The van der Waals surface area contributed by atoms with Gasteiger partial charge in [-0.05, 0) is 45.8 Å². The zero-order valence-corrected chi connectivity index (χ0v) is 30.8. The van der Waals surface area contributed by atoms with E-state index in [0.717, 1.165) is 42.9 Å². The molecule has 0 spiro atoms. The van der Waals surface area contributed by atoms with Gasteiger partial charge in [-0.25, -0.2) is 9.97 Å². The molecule has 0 fully saturated rings. The predicted octanol–water partition coefficient (Wildman–Crippen LogP) is 11.9. The van der Waals surface area contributed by atoms with E-state index in [1.165, 1.54) is 41.7 Å². The van der Waals surface area contributed by atoms with Gasteiger partial charge in [-0.2, -0.15) is 0 Å². The fourth-order valence-corrected chi connectivity index (χ4v) is 8.90. The monoisotopic (exact) mass is 718 g/mol. The first kappa shape index (κ1) is 31.1. The molecular weight excluding hydrogens is 694 g/mol. The number of hydrogen-bond donors (Lipinski definition) is 2. The Morgan fingerprint density at radius 2 is 0.633 bits per heavy atom. The molecule has 0 amide bonds. The summed E-state index contributed by atoms with van der Waals surface area (Å²) in [5.41, 5.74) is 3.58. The van der Waals surface area contributed by atoms with Crippen LogP contribution in [0.2, 0.25) is 0 Å². The van der Waals surface area contributed by atoms with Gasteiger partial charge >= 0.3 is 0 Å². The van der Waals surface area contributed by atoms with Gasteiger partial charge in [-0.3, -0.25) is 0 Å². The van der Waals surface area contributed by atoms with Crippen molar-refractivity contribution in [3.8, 4) is 32.6 Å². The summed E-state index contributed by atoms with van der Waals surface area (Å²) in [7, 11) is 0. The molecular formula is C42H26N2O2S2Zn. The number of hydrogen-bond acceptors (Lipinski definition) is 6. The second-order valence-corrected chi connectivity index (χ2v) is 13.6. The van der Waals surface area contributed by atoms with E-state index in [9.17, 15) is 10.2 Å². The average Bonchev–Trinajstić information content (AvgIpc) is 3.79. The first-order chi connectivity index (χ1) is 23.7. The molecule has 8 aromatic carbocycles. The van der Waals surface area contributed by atoms with Crippen molar-refractivity contribution in [2.45, 2.75) is 0 Å². The topological polar surface area (TPSA) is 66.2 Å². The van der Waals surface area contributed by atoms with Crippen LogP contribution >= 0.6 is 22.7 Å². The SMILES string of the molecule is Oc1ccccc1-c1nc2c3ccccc3c3ccccc3c2s1.Oc1ccccc1-c1nc2c3ccccc3c3ccccc3c2s1.[Zn]. The number of phenols is 2. The third kappa shape index (κ3) is 5.22. The number of benzene rings is 8. The van der Waals surface area contributed by atoms with E-state index in [1.807, 2.05) is 36.4 Å². The summed E-state index contributed by atoms with van der Waals surface area (Å²) in [6, 6.07) is 48.4. The van der Waals surface area contributed by atoms with Crippen molar-refractivity contribution in [1.29, 1.82) is 0 Å². The maximum absolute atomic E-state index is 10.2. The van der Waals surface area contributed by atoms with Gasteiger partial charge in [0.05, 0.1) is 31.6 Å². The van der Waals surface area contributed by atoms with Gasteiger partial charge in [0.2, 0.25) is 0 Å². The fraction of sp³-hybridized carbons (Fsp3) is 0. The molecule has 0 aliphatic carbocycles. The Kier molecular flexibility index (Phi) is 8.05. The van der Waals surface area contributed by atoms with Crippen LogP contribution in [-0.2, 0) is 19.5 Å². The molecule has 49 heavy (non-hydrogen) atoms. The van der Waals surface area contributed by atoms with Gasteiger partial charge in [-0.15, -0.1) is 22.7 Å². The molecule has 0 aliphatic heterocycles. The number of aromatic nitrogens is 2. The van der Waals surface area contributed by atoms with E-state index < -0.39 is 0 Å². The van der Waals surface area contributed by atoms with Gasteiger partial charge in [0, 0.05) is 41.0 Å². The number of para-hydroxylation sites is 2. The molecule has 10 rings (SSSR count). The number of nitrogens with zero attached hydrogens (tertiary/aromatic N) is 2. The fourth-order valence-electron chi connectivity index (χ4n) is 6.59. The van der Waals surface area contributed by atoms with Crippen LogP contribution in [0.25, 0.3) is 84.7 Å². The Labute approximate surface area is 302 Å². The summed E-state index contributed by atoms with van der Waals surface area (Å²) in [4.78, 5) is 9.76. The van der Waals surface area contributed by atoms with Crippen LogP contribution in [0, 0.1) is 0 Å². The summed E-state index contributed by atoms with van der Waals surface area (Å²) >= 11 is 3.28. The molecule has 2 N–H and O–H groups in total. The molecule has 0 saturated carbocycles. The molecule has 0 unspecified atom stereocenters. The number of phenolic OH excluding ortho intramolecular Hbond substituents is 2. The normalized spacial score (nSPS) is 11.3. The maximum Gasteiger partial charge on any atom is 0.128 e. The molecule has 230 valence electrons. The summed E-state index contributed by atoms with van der Waals surface area (Å²) in [6.45, 7) is 0. The predicted molar refractivity (Wildman–Crippen MR) is 203 cm³/mol. The van der Waals surface area contributed by atoms with Crippen molar-refractivity contribution in [3.05, 3.63) is 146 Å². The van der Waals surface area contributed by atoms with Crippen molar-refractivity contribution in [3.63, 3.8) is 0 Å². The van der Waals surface area contributed by atoms with Crippen molar-refractivity contribution in [2.24, 2.45) is 0 Å². The van der Waals surface area contributed by atoms with Crippen molar-refractivity contribution in [2.75, 3.05) is 0 Å². The zero-order valence-electron chi connectivity index (χ0n) is 26.2. The van der Waals surface area contributed by atoms with E-state index >= 15 is 0 Å². The summed E-state index contributed by atoms with van der Waals surface area (Å²) in [5.74, 6) is 0.537. The minimum absolute atomic E-state index is 0. The van der Waals surface area contributed by atoms with E-state index in [-0.39, 0.29) is 31.0 Å². The third-order valence-electron chi connectivity index (χ3n) is 8.81. The molecule has 10 aromatic rings. The van der Waals surface area contributed by atoms with Crippen LogP contribution in [0.15, 0.2) is 146 Å². The van der Waals surface area contributed by atoms with Crippen molar-refractivity contribution < 1.29 is 29.7 Å². The molecule has 0 atom stereocenters. The minimum atomic E-state index is 0. The Morgan fingerprint density at radius 1 is 0.347 bits per heavy atom. The largest absolute Gasteiger partial charge is 0.507 e. The minimum Gasteiger partial charge on any atom is -0.507 e.